The van der Waals surface area contributed by atoms with Crippen LogP contribution in [0.4, 0.5) is 0 Å². The Kier molecular flexibility index (Phi) is 13.4. The van der Waals surface area contributed by atoms with Crippen molar-refractivity contribution in [3.8, 4) is 0 Å². The first-order chi connectivity index (χ1) is 3.35. The summed E-state index contributed by atoms with van der Waals surface area (Å²) >= 11 is -0.764. The summed E-state index contributed by atoms with van der Waals surface area (Å²) in [6, 6.07) is 0. The van der Waals surface area contributed by atoms with Crippen molar-refractivity contribution in [2.24, 2.45) is 0 Å². The molecule has 8 heavy (non-hydrogen) atoms. The van der Waals surface area contributed by atoms with Gasteiger partial charge in [0.1, 0.15) is 0 Å². The minimum Gasteiger partial charge on any atom is 0 e. The van der Waals surface area contributed by atoms with Crippen LogP contribution >= 0.6 is 0 Å². The molecule has 0 unspecified atom stereocenters. The predicted octanol–water partition coefficient (Wildman–Crippen LogP) is 2.16. The minimum absolute atomic E-state index is 0. The summed E-state index contributed by atoms with van der Waals surface area (Å²) in [6.45, 7) is 7.06. The van der Waals surface area contributed by atoms with E-state index in [4.69, 9.17) is 0 Å². The second kappa shape index (κ2) is 8.67. The predicted molar refractivity (Wildman–Crippen MR) is 43.0 cm³/mol. The fourth-order valence-corrected chi connectivity index (χ4v) is 5.81. The molecular formula is C6H15InSn. The van der Waals surface area contributed by atoms with E-state index in [1.807, 2.05) is 0 Å². The maximum atomic E-state index is 2.35. The molecule has 0 aliphatic heterocycles. The second-order valence-corrected chi connectivity index (χ2v) is 14.0. The first-order valence-corrected chi connectivity index (χ1v) is 10.3. The van der Waals surface area contributed by atoms with Crippen molar-refractivity contribution in [1.29, 1.82) is 0 Å². The van der Waals surface area contributed by atoms with E-state index < -0.39 is 21.4 Å². The van der Waals surface area contributed by atoms with Gasteiger partial charge in [-0.1, -0.05) is 0 Å². The smallest absolute Gasteiger partial charge is 0 e. The van der Waals surface area contributed by atoms with Crippen molar-refractivity contribution in [3.63, 3.8) is 0 Å². The molecule has 0 aliphatic carbocycles. The number of hydrogen-bond donors (Lipinski definition) is 0. The molecule has 0 heterocycles. The molecule has 0 nitrogen and oxygen atoms in total. The zero-order valence-corrected chi connectivity index (χ0v) is 12.3. The molecule has 0 fully saturated rings. The summed E-state index contributed by atoms with van der Waals surface area (Å²) in [5.74, 6) is 0. The summed E-state index contributed by atoms with van der Waals surface area (Å²) in [4.78, 5) is 0. The zero-order chi connectivity index (χ0) is 5.70. The topological polar surface area (TPSA) is 0 Å². The summed E-state index contributed by atoms with van der Waals surface area (Å²) in [6.07, 6.45) is 0. The molecule has 0 bridgehead atoms. The van der Waals surface area contributed by atoms with Crippen LogP contribution in [-0.2, 0) is 0 Å². The monoisotopic (exact) mass is 322 g/mol. The van der Waals surface area contributed by atoms with Crippen molar-refractivity contribution < 1.29 is 0 Å². The molecule has 4 radical (unpaired) electrons. The quantitative estimate of drug-likeness (QED) is 0.699. The molecule has 0 N–H and O–H groups in total. The molecule has 0 saturated carbocycles. The van der Waals surface area contributed by atoms with Crippen molar-refractivity contribution >= 4 is 45.3 Å². The van der Waals surface area contributed by atoms with E-state index in [1.54, 1.807) is 12.5 Å². The fraction of sp³-hybridized carbons (Fsp3) is 1.00. The molecule has 0 aliphatic rings. The first-order valence-electron chi connectivity index (χ1n) is 3.35. The van der Waals surface area contributed by atoms with Crippen LogP contribution in [0.3, 0.4) is 0 Å². The van der Waals surface area contributed by atoms with E-state index in [0.717, 1.165) is 0 Å². The second-order valence-electron chi connectivity index (χ2n) is 2.09. The third kappa shape index (κ3) is 5.80. The molecule has 0 aromatic carbocycles. The molecule has 0 aromatic rings. The largest absolute Gasteiger partial charge is 0 e. The average molecular weight is 321 g/mol. The van der Waals surface area contributed by atoms with Crippen LogP contribution in [0.15, 0.2) is 0 Å². The van der Waals surface area contributed by atoms with Gasteiger partial charge in [0.25, 0.3) is 0 Å². The van der Waals surface area contributed by atoms with Gasteiger partial charge < -0.3 is 0 Å². The summed E-state index contributed by atoms with van der Waals surface area (Å²) in [5, 5.41) is 0. The van der Waals surface area contributed by atoms with Gasteiger partial charge >= 0.3 is 54.7 Å². The first kappa shape index (κ1) is 12.4. The molecule has 0 amide bonds. The average Bonchev–Trinajstić information content (AvgIpc) is 1.72. The zero-order valence-electron chi connectivity index (χ0n) is 6.20. The Bertz CT molecular complexity index is 30.0. The van der Waals surface area contributed by atoms with Gasteiger partial charge in [0.05, 0.1) is 0 Å². The SMILES string of the molecule is C[CH2][In]([CH2]C)[CH2]C.[Sn]. The standard InChI is InChI=1S/3C2H5.In.Sn/c3*1-2;;/h3*1H2,2H3;;. The van der Waals surface area contributed by atoms with Crippen LogP contribution in [-0.4, -0.2) is 45.3 Å². The number of rotatable bonds is 3. The molecule has 46 valence electrons. The van der Waals surface area contributed by atoms with Crippen molar-refractivity contribution in [2.75, 3.05) is 0 Å². The minimum atomic E-state index is -0.764. The molecule has 0 spiro atoms. The van der Waals surface area contributed by atoms with Crippen molar-refractivity contribution in [3.05, 3.63) is 0 Å². The normalized spacial score (nSPS) is 7.88. The van der Waals surface area contributed by atoms with E-state index in [-0.39, 0.29) is 23.9 Å². The Labute approximate surface area is 77.9 Å². The Morgan fingerprint density at radius 1 is 0.875 bits per heavy atom. The third-order valence-corrected chi connectivity index (χ3v) is 11.6. The van der Waals surface area contributed by atoms with Gasteiger partial charge in [-0.25, -0.2) is 0 Å². The van der Waals surface area contributed by atoms with Crippen LogP contribution in [0.1, 0.15) is 20.8 Å². The summed E-state index contributed by atoms with van der Waals surface area (Å²) < 4.78 is 4.69. The summed E-state index contributed by atoms with van der Waals surface area (Å²) in [7, 11) is 0. The van der Waals surface area contributed by atoms with E-state index in [2.05, 4.69) is 20.8 Å². The number of hydrogen-bond acceptors (Lipinski definition) is 0. The maximum Gasteiger partial charge on any atom is 0 e. The van der Waals surface area contributed by atoms with Crippen LogP contribution in [0.5, 0.6) is 0 Å². The Hall–Kier alpha value is 1.67. The van der Waals surface area contributed by atoms with Crippen LogP contribution in [0, 0.1) is 0 Å². The van der Waals surface area contributed by atoms with Gasteiger partial charge in [0.2, 0.25) is 0 Å². The van der Waals surface area contributed by atoms with E-state index >= 15 is 0 Å². The van der Waals surface area contributed by atoms with Gasteiger partial charge in [-0.2, -0.15) is 0 Å². The van der Waals surface area contributed by atoms with Gasteiger partial charge in [0.15, 0.2) is 0 Å². The molecule has 0 atom stereocenters. The van der Waals surface area contributed by atoms with Gasteiger partial charge in [0, 0.05) is 23.9 Å². The van der Waals surface area contributed by atoms with E-state index in [0.29, 0.717) is 0 Å². The van der Waals surface area contributed by atoms with Crippen molar-refractivity contribution in [1.82, 2.24) is 0 Å². The van der Waals surface area contributed by atoms with Crippen LogP contribution in [0.25, 0.3) is 0 Å². The molecular weight excluding hydrogens is 306 g/mol. The molecule has 0 aromatic heterocycles. The van der Waals surface area contributed by atoms with Crippen LogP contribution in [0.2, 0.25) is 12.5 Å². The maximum absolute atomic E-state index is 2.35. The van der Waals surface area contributed by atoms with E-state index in [9.17, 15) is 0 Å². The Morgan fingerprint density at radius 3 is 1.12 bits per heavy atom. The van der Waals surface area contributed by atoms with Gasteiger partial charge in [-0.15, -0.1) is 0 Å². The third-order valence-electron chi connectivity index (χ3n) is 1.73. The molecule has 0 saturated heterocycles. The molecule has 0 rings (SSSR count). The Balaban J connectivity index is 0. The molecule has 2 heteroatoms. The van der Waals surface area contributed by atoms with Crippen LogP contribution < -0.4 is 0 Å². The fourth-order valence-electron chi connectivity index (χ4n) is 0.866. The Morgan fingerprint density at radius 2 is 1.12 bits per heavy atom. The van der Waals surface area contributed by atoms with Gasteiger partial charge in [-0.3, -0.25) is 0 Å². The van der Waals surface area contributed by atoms with Crippen molar-refractivity contribution in [2.45, 2.75) is 33.3 Å². The van der Waals surface area contributed by atoms with E-state index in [1.165, 1.54) is 0 Å². The summed E-state index contributed by atoms with van der Waals surface area (Å²) in [5.41, 5.74) is 0. The van der Waals surface area contributed by atoms with Gasteiger partial charge in [-0.05, 0) is 0 Å².